The van der Waals surface area contributed by atoms with Crippen LogP contribution in [-0.2, 0) is 0 Å². The van der Waals surface area contributed by atoms with Crippen LogP contribution in [0.25, 0.3) is 0 Å². The van der Waals surface area contributed by atoms with Gasteiger partial charge in [0.15, 0.2) is 0 Å². The highest BCUT2D eigenvalue weighted by Crippen LogP contribution is 2.09. The summed E-state index contributed by atoms with van der Waals surface area (Å²) >= 11 is 0. The summed E-state index contributed by atoms with van der Waals surface area (Å²) in [5.74, 6) is 0. The second-order valence-corrected chi connectivity index (χ2v) is 4.88. The Bertz CT molecular complexity index is 135. The SMILES string of the molecule is CCCC/C=C/CCCCCCCCCC. The van der Waals surface area contributed by atoms with E-state index in [1.165, 1.54) is 77.0 Å². The highest BCUT2D eigenvalue weighted by molar-refractivity contribution is 4.80. The summed E-state index contributed by atoms with van der Waals surface area (Å²) in [5.41, 5.74) is 0. The highest BCUT2D eigenvalue weighted by atomic mass is 14.0. The summed E-state index contributed by atoms with van der Waals surface area (Å²) in [5, 5.41) is 0. The normalized spacial score (nSPS) is 11.4. The zero-order chi connectivity index (χ0) is 11.9. The average molecular weight is 224 g/mol. The fourth-order valence-electron chi connectivity index (χ4n) is 1.95. The van der Waals surface area contributed by atoms with E-state index in [1.807, 2.05) is 0 Å². The van der Waals surface area contributed by atoms with Gasteiger partial charge in [-0.1, -0.05) is 83.8 Å². The Balaban J connectivity index is 2.95. The van der Waals surface area contributed by atoms with Crippen LogP contribution in [0.3, 0.4) is 0 Å². The van der Waals surface area contributed by atoms with Crippen molar-refractivity contribution in [2.24, 2.45) is 0 Å². The van der Waals surface area contributed by atoms with Crippen molar-refractivity contribution in [1.82, 2.24) is 0 Å². The van der Waals surface area contributed by atoms with Gasteiger partial charge in [-0.2, -0.15) is 0 Å². The van der Waals surface area contributed by atoms with Gasteiger partial charge in [-0.3, -0.25) is 0 Å². The van der Waals surface area contributed by atoms with E-state index in [1.54, 1.807) is 0 Å². The van der Waals surface area contributed by atoms with Crippen LogP contribution in [0.1, 0.15) is 90.9 Å². The Hall–Kier alpha value is -0.260. The van der Waals surface area contributed by atoms with Crippen molar-refractivity contribution in [3.8, 4) is 0 Å². The Morgan fingerprint density at radius 1 is 0.500 bits per heavy atom. The Kier molecular flexibility index (Phi) is 14.5. The van der Waals surface area contributed by atoms with Gasteiger partial charge < -0.3 is 0 Å². The van der Waals surface area contributed by atoms with Crippen LogP contribution in [0.4, 0.5) is 0 Å². The summed E-state index contributed by atoms with van der Waals surface area (Å²) in [6, 6.07) is 0. The quantitative estimate of drug-likeness (QED) is 0.271. The fourth-order valence-corrected chi connectivity index (χ4v) is 1.95. The smallest absolute Gasteiger partial charge is 0.0351 e. The van der Waals surface area contributed by atoms with Crippen molar-refractivity contribution in [2.45, 2.75) is 90.9 Å². The van der Waals surface area contributed by atoms with Gasteiger partial charge in [-0.15, -0.1) is 0 Å². The lowest BCUT2D eigenvalue weighted by molar-refractivity contribution is 0.577. The lowest BCUT2D eigenvalue weighted by Gasteiger charge is -1.99. The third-order valence-corrected chi connectivity index (χ3v) is 3.12. The molecule has 96 valence electrons. The molecule has 0 radical (unpaired) electrons. The molecule has 0 rings (SSSR count). The molecule has 16 heavy (non-hydrogen) atoms. The Morgan fingerprint density at radius 3 is 1.50 bits per heavy atom. The third kappa shape index (κ3) is 13.7. The molecule has 0 aliphatic carbocycles. The van der Waals surface area contributed by atoms with Crippen LogP contribution < -0.4 is 0 Å². The van der Waals surface area contributed by atoms with Crippen molar-refractivity contribution < 1.29 is 0 Å². The van der Waals surface area contributed by atoms with Crippen molar-refractivity contribution in [2.75, 3.05) is 0 Å². The molecule has 0 aromatic heterocycles. The van der Waals surface area contributed by atoms with Gasteiger partial charge in [0.1, 0.15) is 0 Å². The van der Waals surface area contributed by atoms with E-state index < -0.39 is 0 Å². The molecule has 0 bridgehead atoms. The molecule has 0 spiro atoms. The lowest BCUT2D eigenvalue weighted by atomic mass is 10.1. The molecule has 0 saturated carbocycles. The fraction of sp³-hybridized carbons (Fsp3) is 0.875. The second-order valence-electron chi connectivity index (χ2n) is 4.88. The summed E-state index contributed by atoms with van der Waals surface area (Å²) in [4.78, 5) is 0. The number of hydrogen-bond donors (Lipinski definition) is 0. The number of rotatable bonds is 12. The topological polar surface area (TPSA) is 0 Å². The highest BCUT2D eigenvalue weighted by Gasteiger charge is 1.90. The molecule has 0 amide bonds. The minimum atomic E-state index is 1.29. The van der Waals surface area contributed by atoms with Crippen molar-refractivity contribution in [3.63, 3.8) is 0 Å². The maximum Gasteiger partial charge on any atom is -0.0351 e. The van der Waals surface area contributed by atoms with Crippen molar-refractivity contribution in [1.29, 1.82) is 0 Å². The molecule has 0 aromatic rings. The standard InChI is InChI=1S/C16H32/c1-3-5-7-9-11-13-15-16-14-12-10-8-6-4-2/h9,11H,3-8,10,12-16H2,1-2H3/b11-9+. The first-order valence-corrected chi connectivity index (χ1v) is 7.56. The molecule has 0 aliphatic heterocycles. The van der Waals surface area contributed by atoms with Crippen LogP contribution in [0.5, 0.6) is 0 Å². The van der Waals surface area contributed by atoms with Crippen molar-refractivity contribution >= 4 is 0 Å². The van der Waals surface area contributed by atoms with E-state index in [9.17, 15) is 0 Å². The van der Waals surface area contributed by atoms with Crippen molar-refractivity contribution in [3.05, 3.63) is 12.2 Å². The van der Waals surface area contributed by atoms with Crippen LogP contribution in [0.2, 0.25) is 0 Å². The Morgan fingerprint density at radius 2 is 0.938 bits per heavy atom. The second kappa shape index (κ2) is 14.7. The van der Waals surface area contributed by atoms with E-state index in [4.69, 9.17) is 0 Å². The summed E-state index contributed by atoms with van der Waals surface area (Å²) in [6.07, 6.45) is 21.5. The van der Waals surface area contributed by atoms with E-state index >= 15 is 0 Å². The predicted octanol–water partition coefficient (Wildman–Crippen LogP) is 6.26. The third-order valence-electron chi connectivity index (χ3n) is 3.12. The van der Waals surface area contributed by atoms with Crippen LogP contribution in [-0.4, -0.2) is 0 Å². The predicted molar refractivity (Wildman–Crippen MR) is 75.9 cm³/mol. The molecule has 0 saturated heterocycles. The van der Waals surface area contributed by atoms with Crippen LogP contribution in [0, 0.1) is 0 Å². The Labute approximate surface area is 104 Å². The lowest BCUT2D eigenvalue weighted by Crippen LogP contribution is -1.80. The maximum absolute atomic E-state index is 2.38. The molecule has 0 heteroatoms. The molecule has 0 heterocycles. The summed E-state index contributed by atoms with van der Waals surface area (Å²) in [7, 11) is 0. The van der Waals surface area contributed by atoms with Gasteiger partial charge in [0.25, 0.3) is 0 Å². The van der Waals surface area contributed by atoms with Gasteiger partial charge >= 0.3 is 0 Å². The largest absolute Gasteiger partial charge is 0.0885 e. The minimum Gasteiger partial charge on any atom is -0.0885 e. The van der Waals surface area contributed by atoms with Crippen LogP contribution in [0.15, 0.2) is 12.2 Å². The molecule has 0 aliphatic rings. The maximum atomic E-state index is 2.38. The molecule has 0 N–H and O–H groups in total. The van der Waals surface area contributed by atoms with Crippen LogP contribution >= 0.6 is 0 Å². The van der Waals surface area contributed by atoms with E-state index in [0.29, 0.717) is 0 Å². The first-order chi connectivity index (χ1) is 7.91. The van der Waals surface area contributed by atoms with Gasteiger partial charge in [-0.05, 0) is 19.3 Å². The van der Waals surface area contributed by atoms with Gasteiger partial charge in [0.2, 0.25) is 0 Å². The number of unbranched alkanes of at least 4 members (excludes halogenated alkanes) is 10. The molecule has 0 atom stereocenters. The molecular weight excluding hydrogens is 192 g/mol. The van der Waals surface area contributed by atoms with E-state index in [0.717, 1.165) is 0 Å². The number of hydrogen-bond acceptors (Lipinski definition) is 0. The van der Waals surface area contributed by atoms with Gasteiger partial charge in [-0.25, -0.2) is 0 Å². The summed E-state index contributed by atoms with van der Waals surface area (Å²) in [6.45, 7) is 4.54. The molecular formula is C16H32. The molecule has 0 unspecified atom stereocenters. The molecule has 0 aromatic carbocycles. The van der Waals surface area contributed by atoms with E-state index in [-0.39, 0.29) is 0 Å². The first kappa shape index (κ1) is 15.7. The summed E-state index contributed by atoms with van der Waals surface area (Å²) < 4.78 is 0. The zero-order valence-electron chi connectivity index (χ0n) is 11.6. The van der Waals surface area contributed by atoms with Gasteiger partial charge in [0, 0.05) is 0 Å². The average Bonchev–Trinajstić information content (AvgIpc) is 2.31. The minimum absolute atomic E-state index is 1.29. The monoisotopic (exact) mass is 224 g/mol. The first-order valence-electron chi connectivity index (χ1n) is 7.56. The molecule has 0 fully saturated rings. The van der Waals surface area contributed by atoms with E-state index in [2.05, 4.69) is 26.0 Å². The number of allylic oxidation sites excluding steroid dienone is 2. The molecule has 0 nitrogen and oxygen atoms in total. The zero-order valence-corrected chi connectivity index (χ0v) is 11.6. The van der Waals surface area contributed by atoms with Gasteiger partial charge in [0.05, 0.1) is 0 Å².